The van der Waals surface area contributed by atoms with Crippen LogP contribution in [0, 0.1) is 21.4 Å². The van der Waals surface area contributed by atoms with Crippen molar-refractivity contribution in [1.82, 2.24) is 0 Å². The number of hydrogen-bond donors (Lipinski definition) is 2. The van der Waals surface area contributed by atoms with Crippen LogP contribution in [-0.2, 0) is 0 Å². The summed E-state index contributed by atoms with van der Waals surface area (Å²) < 4.78 is 0. The third-order valence-electron chi connectivity index (χ3n) is 2.75. The first-order valence-electron chi connectivity index (χ1n) is 5.62. The highest BCUT2D eigenvalue weighted by molar-refractivity contribution is 7.99. The number of nitriles is 1. The predicted molar refractivity (Wildman–Crippen MR) is 75.3 cm³/mol. The zero-order valence-electron chi connectivity index (χ0n) is 10.7. The summed E-state index contributed by atoms with van der Waals surface area (Å²) in [5, 5.41) is 31.9. The minimum absolute atomic E-state index is 0.00491. The summed E-state index contributed by atoms with van der Waals surface area (Å²) in [6.45, 7) is 1.91. The Hall–Kier alpha value is -1.78. The summed E-state index contributed by atoms with van der Waals surface area (Å²) in [6, 6.07) is 6.12. The molecule has 7 heteroatoms. The molecule has 2 unspecified atom stereocenters. The average molecular weight is 281 g/mol. The van der Waals surface area contributed by atoms with Gasteiger partial charge in [0.1, 0.15) is 11.6 Å². The predicted octanol–water partition coefficient (Wildman–Crippen LogP) is 1.99. The van der Waals surface area contributed by atoms with Gasteiger partial charge in [0.05, 0.1) is 11.5 Å². The monoisotopic (exact) mass is 281 g/mol. The van der Waals surface area contributed by atoms with Gasteiger partial charge >= 0.3 is 0 Å². The molecule has 6 nitrogen and oxygen atoms in total. The van der Waals surface area contributed by atoms with Crippen molar-refractivity contribution in [2.24, 2.45) is 0 Å². The van der Waals surface area contributed by atoms with Crippen molar-refractivity contribution in [3.63, 3.8) is 0 Å². The highest BCUT2D eigenvalue weighted by atomic mass is 32.2. The van der Waals surface area contributed by atoms with E-state index in [0.29, 0.717) is 5.69 Å². The van der Waals surface area contributed by atoms with Crippen LogP contribution in [0.3, 0.4) is 0 Å². The Morgan fingerprint density at radius 3 is 2.79 bits per heavy atom. The molecule has 19 heavy (non-hydrogen) atoms. The minimum atomic E-state index is -0.577. The molecule has 0 heterocycles. The van der Waals surface area contributed by atoms with Gasteiger partial charge in [-0.3, -0.25) is 10.1 Å². The number of aliphatic hydroxyl groups is 1. The van der Waals surface area contributed by atoms with Gasteiger partial charge in [0.25, 0.3) is 5.69 Å². The molecule has 0 fully saturated rings. The molecule has 0 aromatic heterocycles. The lowest BCUT2D eigenvalue weighted by atomic mass is 10.1. The van der Waals surface area contributed by atoms with Crippen molar-refractivity contribution in [3.05, 3.63) is 33.9 Å². The summed E-state index contributed by atoms with van der Waals surface area (Å²) >= 11 is 1.52. The summed E-state index contributed by atoms with van der Waals surface area (Å²) in [5.41, 5.74) is 0.377. The molecule has 0 saturated carbocycles. The number of thioether (sulfide) groups is 1. The Kier molecular flexibility index (Phi) is 5.60. The lowest BCUT2D eigenvalue weighted by molar-refractivity contribution is -0.385. The summed E-state index contributed by atoms with van der Waals surface area (Å²) in [4.78, 5) is 10.3. The van der Waals surface area contributed by atoms with Gasteiger partial charge in [0.2, 0.25) is 0 Å². The molecule has 0 spiro atoms. The number of hydrogen-bond acceptors (Lipinski definition) is 6. The van der Waals surface area contributed by atoms with Crippen LogP contribution in [-0.4, -0.2) is 34.2 Å². The molecule has 1 rings (SSSR count). The van der Waals surface area contributed by atoms with Gasteiger partial charge in [0.15, 0.2) is 0 Å². The fourth-order valence-electron chi connectivity index (χ4n) is 1.66. The van der Waals surface area contributed by atoms with Crippen molar-refractivity contribution in [3.8, 4) is 6.07 Å². The molecule has 0 bridgehead atoms. The first-order chi connectivity index (χ1) is 9.03. The van der Waals surface area contributed by atoms with E-state index in [1.165, 1.54) is 23.9 Å². The second-order valence-corrected chi connectivity index (χ2v) is 5.07. The second kappa shape index (κ2) is 6.97. The highest BCUT2D eigenvalue weighted by Gasteiger charge is 2.18. The van der Waals surface area contributed by atoms with Crippen LogP contribution in [0.2, 0.25) is 0 Å². The van der Waals surface area contributed by atoms with Crippen LogP contribution < -0.4 is 5.32 Å². The molecular formula is C12H15N3O3S. The van der Waals surface area contributed by atoms with E-state index in [4.69, 9.17) is 5.26 Å². The normalized spacial score (nSPS) is 13.4. The van der Waals surface area contributed by atoms with E-state index in [2.05, 4.69) is 5.32 Å². The number of nitro groups is 1. The van der Waals surface area contributed by atoms with Crippen molar-refractivity contribution in [1.29, 1.82) is 5.26 Å². The number of benzene rings is 1. The van der Waals surface area contributed by atoms with Gasteiger partial charge in [-0.25, -0.2) is 0 Å². The van der Waals surface area contributed by atoms with Crippen molar-refractivity contribution in [2.75, 3.05) is 18.2 Å². The van der Waals surface area contributed by atoms with Gasteiger partial charge < -0.3 is 10.4 Å². The average Bonchev–Trinajstić information content (AvgIpc) is 2.40. The van der Waals surface area contributed by atoms with E-state index in [-0.39, 0.29) is 29.1 Å². The molecule has 0 aliphatic rings. The Morgan fingerprint density at radius 1 is 1.63 bits per heavy atom. The maximum atomic E-state index is 10.8. The summed E-state index contributed by atoms with van der Waals surface area (Å²) in [7, 11) is 0. The molecule has 0 aliphatic carbocycles. The lowest BCUT2D eigenvalue weighted by Crippen LogP contribution is -2.30. The van der Waals surface area contributed by atoms with Crippen LogP contribution in [0.4, 0.5) is 11.4 Å². The number of nitro benzene ring substituents is 1. The third-order valence-corrected chi connectivity index (χ3v) is 3.91. The van der Waals surface area contributed by atoms with E-state index >= 15 is 0 Å². The lowest BCUT2D eigenvalue weighted by Gasteiger charge is -2.22. The Morgan fingerprint density at radius 2 is 2.32 bits per heavy atom. The molecule has 1 aromatic carbocycles. The SMILES string of the molecule is CSC(CO)C(C)Nc1ccc(C#N)c([N+](=O)[O-])c1. The number of nitrogens with one attached hydrogen (secondary N) is 1. The first kappa shape index (κ1) is 15.3. The molecule has 0 radical (unpaired) electrons. The van der Waals surface area contributed by atoms with Gasteiger partial charge in [-0.05, 0) is 25.3 Å². The van der Waals surface area contributed by atoms with E-state index in [1.54, 1.807) is 12.1 Å². The zero-order valence-corrected chi connectivity index (χ0v) is 11.5. The van der Waals surface area contributed by atoms with Crippen LogP contribution in [0.15, 0.2) is 18.2 Å². The molecule has 0 aliphatic heterocycles. The van der Waals surface area contributed by atoms with Gasteiger partial charge in [-0.2, -0.15) is 17.0 Å². The molecular weight excluding hydrogens is 266 g/mol. The zero-order chi connectivity index (χ0) is 14.4. The first-order valence-corrected chi connectivity index (χ1v) is 6.91. The summed E-state index contributed by atoms with van der Waals surface area (Å²) in [6.07, 6.45) is 1.89. The standard InChI is InChI=1S/C12H15N3O3S/c1-8(12(7-16)19-2)14-10-4-3-9(6-13)11(5-10)15(17)18/h3-5,8,12,14,16H,7H2,1-2H3. The van der Waals surface area contributed by atoms with Crippen LogP contribution >= 0.6 is 11.8 Å². The number of aliphatic hydroxyl groups excluding tert-OH is 1. The van der Waals surface area contributed by atoms with Crippen molar-refractivity contribution < 1.29 is 10.0 Å². The topological polar surface area (TPSA) is 99.2 Å². The fourth-order valence-corrected chi connectivity index (χ4v) is 2.28. The van der Waals surface area contributed by atoms with Crippen molar-refractivity contribution in [2.45, 2.75) is 18.2 Å². The van der Waals surface area contributed by atoms with E-state index in [1.807, 2.05) is 13.2 Å². The van der Waals surface area contributed by atoms with E-state index in [0.717, 1.165) is 0 Å². The molecule has 2 N–H and O–H groups in total. The molecule has 2 atom stereocenters. The van der Waals surface area contributed by atoms with Gasteiger partial charge in [0, 0.05) is 23.0 Å². The number of rotatable bonds is 6. The Bertz CT molecular complexity index is 497. The molecule has 1 aromatic rings. The van der Waals surface area contributed by atoms with E-state index in [9.17, 15) is 15.2 Å². The molecule has 0 amide bonds. The Labute approximate surface area is 115 Å². The van der Waals surface area contributed by atoms with Crippen LogP contribution in [0.5, 0.6) is 0 Å². The highest BCUT2D eigenvalue weighted by Crippen LogP contribution is 2.24. The van der Waals surface area contributed by atoms with Gasteiger partial charge in [-0.15, -0.1) is 0 Å². The molecule has 0 saturated heterocycles. The second-order valence-electron chi connectivity index (χ2n) is 3.99. The van der Waals surface area contributed by atoms with E-state index < -0.39 is 4.92 Å². The fraction of sp³-hybridized carbons (Fsp3) is 0.417. The molecule has 102 valence electrons. The smallest absolute Gasteiger partial charge is 0.289 e. The quantitative estimate of drug-likeness (QED) is 0.611. The largest absolute Gasteiger partial charge is 0.395 e. The summed E-state index contributed by atoms with van der Waals surface area (Å²) in [5.74, 6) is 0. The third kappa shape index (κ3) is 3.84. The maximum Gasteiger partial charge on any atom is 0.289 e. The minimum Gasteiger partial charge on any atom is -0.395 e. The number of nitrogens with zero attached hydrogens (tertiary/aromatic N) is 2. The Balaban J connectivity index is 2.94. The van der Waals surface area contributed by atoms with Crippen molar-refractivity contribution >= 4 is 23.1 Å². The number of anilines is 1. The van der Waals surface area contributed by atoms with Gasteiger partial charge in [-0.1, -0.05) is 0 Å². The van der Waals surface area contributed by atoms with Crippen LogP contribution in [0.25, 0.3) is 0 Å². The maximum absolute atomic E-state index is 10.8. The van der Waals surface area contributed by atoms with Crippen LogP contribution in [0.1, 0.15) is 12.5 Å².